The third kappa shape index (κ3) is 4.17. The number of aryl methyl sites for hydroxylation is 1. The Bertz CT molecular complexity index is 1290. The van der Waals surface area contributed by atoms with Crippen molar-refractivity contribution in [2.24, 2.45) is 5.14 Å². The molecule has 3 rings (SSSR count). The number of hydrogen-bond acceptors (Lipinski definition) is 4. The average Bonchev–Trinajstić information content (AvgIpc) is 2.98. The average molecular weight is 421 g/mol. The minimum atomic E-state index is -3.77. The standard InChI is InChI=1S/C22H19N3O4S/c1-14-11-18(12-19(13-23)16-3-5-17(6-4-16)22(26)27)15(2)25(14)20-7-9-21(10-8-20)30(24,28)29/h3-12H,1-2H3,(H,26,27)(H2,24,28,29)/b19-12+. The molecule has 0 atom stereocenters. The highest BCUT2D eigenvalue weighted by atomic mass is 32.2. The van der Waals surface area contributed by atoms with Gasteiger partial charge >= 0.3 is 5.97 Å². The molecule has 0 radical (unpaired) electrons. The van der Waals surface area contributed by atoms with Crippen LogP contribution in [0.25, 0.3) is 17.3 Å². The molecule has 3 aromatic rings. The lowest BCUT2D eigenvalue weighted by Crippen LogP contribution is -2.12. The zero-order chi connectivity index (χ0) is 22.1. The van der Waals surface area contributed by atoms with Gasteiger partial charge in [-0.3, -0.25) is 0 Å². The smallest absolute Gasteiger partial charge is 0.335 e. The molecular weight excluding hydrogens is 402 g/mol. The van der Waals surface area contributed by atoms with Crippen LogP contribution in [-0.2, 0) is 10.0 Å². The molecule has 2 aromatic carbocycles. The van der Waals surface area contributed by atoms with E-state index in [9.17, 15) is 18.5 Å². The number of nitrogens with two attached hydrogens (primary N) is 1. The van der Waals surface area contributed by atoms with Crippen LogP contribution in [0.1, 0.15) is 32.9 Å². The van der Waals surface area contributed by atoms with Crippen molar-refractivity contribution >= 4 is 27.6 Å². The van der Waals surface area contributed by atoms with Crippen molar-refractivity contribution in [1.82, 2.24) is 4.57 Å². The Balaban J connectivity index is 2.02. The van der Waals surface area contributed by atoms with E-state index in [1.807, 2.05) is 24.5 Å². The summed E-state index contributed by atoms with van der Waals surface area (Å²) < 4.78 is 24.9. The Labute approximate surface area is 174 Å². The van der Waals surface area contributed by atoms with E-state index in [1.165, 1.54) is 24.3 Å². The zero-order valence-corrected chi connectivity index (χ0v) is 17.1. The molecule has 7 nitrogen and oxygen atoms in total. The molecule has 30 heavy (non-hydrogen) atoms. The van der Waals surface area contributed by atoms with Crippen molar-refractivity contribution in [3.8, 4) is 11.8 Å². The van der Waals surface area contributed by atoms with Crippen LogP contribution in [0.2, 0.25) is 0 Å². The number of carboxylic acid groups (broad SMARTS) is 1. The Morgan fingerprint density at radius 3 is 2.13 bits per heavy atom. The number of primary sulfonamides is 1. The number of hydrogen-bond donors (Lipinski definition) is 2. The molecule has 0 amide bonds. The quantitative estimate of drug-likeness (QED) is 0.610. The minimum absolute atomic E-state index is 0.0328. The highest BCUT2D eigenvalue weighted by molar-refractivity contribution is 7.89. The Kier molecular flexibility index (Phi) is 5.60. The summed E-state index contributed by atoms with van der Waals surface area (Å²) in [6, 6.07) is 16.4. The molecule has 0 unspecified atom stereocenters. The number of nitrogens with zero attached hydrogens (tertiary/aromatic N) is 2. The first-order chi connectivity index (χ1) is 14.1. The van der Waals surface area contributed by atoms with Gasteiger partial charge in [0.05, 0.1) is 22.1 Å². The number of rotatable bonds is 5. The van der Waals surface area contributed by atoms with Crippen LogP contribution in [0.4, 0.5) is 0 Å². The van der Waals surface area contributed by atoms with Gasteiger partial charge in [-0.25, -0.2) is 18.4 Å². The maximum Gasteiger partial charge on any atom is 0.335 e. The predicted molar refractivity (Wildman–Crippen MR) is 114 cm³/mol. The van der Waals surface area contributed by atoms with Crippen LogP contribution >= 0.6 is 0 Å². The van der Waals surface area contributed by atoms with Crippen LogP contribution in [0.3, 0.4) is 0 Å². The fourth-order valence-electron chi connectivity index (χ4n) is 3.24. The maximum atomic E-state index is 11.5. The van der Waals surface area contributed by atoms with Gasteiger partial charge in [0.1, 0.15) is 0 Å². The summed E-state index contributed by atoms with van der Waals surface area (Å²) in [4.78, 5) is 11.0. The highest BCUT2D eigenvalue weighted by Gasteiger charge is 2.13. The number of allylic oxidation sites excluding steroid dienone is 1. The molecule has 8 heteroatoms. The molecule has 0 saturated carbocycles. The molecule has 0 fully saturated rings. The molecule has 0 saturated heterocycles. The first kappa shape index (κ1) is 21.0. The van der Waals surface area contributed by atoms with Gasteiger partial charge in [-0.05, 0) is 73.5 Å². The van der Waals surface area contributed by atoms with E-state index in [-0.39, 0.29) is 10.5 Å². The molecule has 0 aliphatic carbocycles. The van der Waals surface area contributed by atoms with Crippen LogP contribution in [0.5, 0.6) is 0 Å². The summed E-state index contributed by atoms with van der Waals surface area (Å²) in [7, 11) is -3.77. The third-order valence-electron chi connectivity index (χ3n) is 4.76. The van der Waals surface area contributed by atoms with Gasteiger partial charge in [0.25, 0.3) is 0 Å². The summed E-state index contributed by atoms with van der Waals surface area (Å²) in [6.45, 7) is 3.81. The van der Waals surface area contributed by atoms with E-state index in [4.69, 9.17) is 10.2 Å². The van der Waals surface area contributed by atoms with Gasteiger partial charge in [-0.1, -0.05) is 12.1 Å². The van der Waals surface area contributed by atoms with E-state index in [1.54, 1.807) is 30.3 Å². The van der Waals surface area contributed by atoms with E-state index in [0.717, 1.165) is 22.6 Å². The molecular formula is C22H19N3O4S. The number of carbonyl (C=O) groups is 1. The summed E-state index contributed by atoms with van der Waals surface area (Å²) in [5.74, 6) is -1.03. The van der Waals surface area contributed by atoms with Crippen molar-refractivity contribution in [2.45, 2.75) is 18.7 Å². The monoisotopic (exact) mass is 421 g/mol. The number of aromatic nitrogens is 1. The highest BCUT2D eigenvalue weighted by Crippen LogP contribution is 2.26. The van der Waals surface area contributed by atoms with Crippen LogP contribution in [0, 0.1) is 25.2 Å². The molecule has 1 aromatic heterocycles. The number of sulfonamides is 1. The number of nitriles is 1. The van der Waals surface area contributed by atoms with Gasteiger partial charge < -0.3 is 9.67 Å². The van der Waals surface area contributed by atoms with Crippen molar-refractivity contribution < 1.29 is 18.3 Å². The SMILES string of the molecule is Cc1cc(/C=C(\C#N)c2ccc(C(=O)O)cc2)c(C)n1-c1ccc(S(N)(=O)=O)cc1. The predicted octanol–water partition coefficient (Wildman–Crippen LogP) is 3.50. The second-order valence-corrected chi connectivity index (χ2v) is 8.31. The minimum Gasteiger partial charge on any atom is -0.478 e. The third-order valence-corrected chi connectivity index (χ3v) is 5.69. The molecule has 0 aliphatic heterocycles. The van der Waals surface area contributed by atoms with Crippen molar-refractivity contribution in [2.75, 3.05) is 0 Å². The first-order valence-electron chi connectivity index (χ1n) is 8.89. The maximum absolute atomic E-state index is 11.5. The second-order valence-electron chi connectivity index (χ2n) is 6.75. The van der Waals surface area contributed by atoms with Gasteiger partial charge in [0.2, 0.25) is 10.0 Å². The molecule has 3 N–H and O–H groups in total. The lowest BCUT2D eigenvalue weighted by Gasteiger charge is -2.10. The zero-order valence-electron chi connectivity index (χ0n) is 16.3. The Morgan fingerprint density at radius 1 is 1.07 bits per heavy atom. The Morgan fingerprint density at radius 2 is 1.63 bits per heavy atom. The van der Waals surface area contributed by atoms with Crippen LogP contribution < -0.4 is 5.14 Å². The number of carboxylic acids is 1. The molecule has 0 spiro atoms. The van der Waals surface area contributed by atoms with Crippen molar-refractivity contribution in [1.29, 1.82) is 5.26 Å². The van der Waals surface area contributed by atoms with Gasteiger partial charge in [0, 0.05) is 17.1 Å². The first-order valence-corrected chi connectivity index (χ1v) is 10.4. The van der Waals surface area contributed by atoms with Crippen LogP contribution in [0.15, 0.2) is 59.5 Å². The number of benzene rings is 2. The van der Waals surface area contributed by atoms with Gasteiger partial charge in [0.15, 0.2) is 0 Å². The lowest BCUT2D eigenvalue weighted by molar-refractivity contribution is 0.0697. The Hall–Kier alpha value is -3.67. The van der Waals surface area contributed by atoms with Crippen LogP contribution in [-0.4, -0.2) is 24.1 Å². The van der Waals surface area contributed by atoms with E-state index < -0.39 is 16.0 Å². The summed E-state index contributed by atoms with van der Waals surface area (Å²) >= 11 is 0. The molecule has 0 bridgehead atoms. The van der Waals surface area contributed by atoms with Crippen molar-refractivity contribution in [3.05, 3.63) is 82.7 Å². The normalized spacial score (nSPS) is 11.9. The summed E-state index contributed by atoms with van der Waals surface area (Å²) in [6.07, 6.45) is 1.74. The van der Waals surface area contributed by atoms with E-state index in [2.05, 4.69) is 6.07 Å². The number of aromatic carboxylic acids is 1. The lowest BCUT2D eigenvalue weighted by atomic mass is 10.0. The van der Waals surface area contributed by atoms with Crippen molar-refractivity contribution in [3.63, 3.8) is 0 Å². The summed E-state index contributed by atoms with van der Waals surface area (Å²) in [5, 5.41) is 23.8. The summed E-state index contributed by atoms with van der Waals surface area (Å²) in [5.41, 5.74) is 4.52. The fourth-order valence-corrected chi connectivity index (χ4v) is 3.76. The molecule has 1 heterocycles. The van der Waals surface area contributed by atoms with E-state index >= 15 is 0 Å². The van der Waals surface area contributed by atoms with Gasteiger partial charge in [-0.15, -0.1) is 0 Å². The molecule has 0 aliphatic rings. The second kappa shape index (κ2) is 7.99. The topological polar surface area (TPSA) is 126 Å². The fraction of sp³-hybridized carbons (Fsp3) is 0.0909. The largest absolute Gasteiger partial charge is 0.478 e. The van der Waals surface area contributed by atoms with Gasteiger partial charge in [-0.2, -0.15) is 5.26 Å². The molecule has 152 valence electrons. The van der Waals surface area contributed by atoms with E-state index in [0.29, 0.717) is 11.1 Å².